The summed E-state index contributed by atoms with van der Waals surface area (Å²) in [6, 6.07) is 4.15. The molecule has 4 heteroatoms. The van der Waals surface area contributed by atoms with E-state index in [2.05, 4.69) is 38.4 Å². The summed E-state index contributed by atoms with van der Waals surface area (Å²) in [5, 5.41) is 3.11. The molecule has 3 nitrogen and oxygen atoms in total. The lowest BCUT2D eigenvalue weighted by Gasteiger charge is -2.00. The summed E-state index contributed by atoms with van der Waals surface area (Å²) in [7, 11) is 1.94. The van der Waals surface area contributed by atoms with Crippen LogP contribution >= 0.6 is 15.9 Å². The molecule has 0 radical (unpaired) electrons. The van der Waals surface area contributed by atoms with E-state index in [1.54, 1.807) is 6.20 Å². The molecule has 0 saturated heterocycles. The summed E-state index contributed by atoms with van der Waals surface area (Å²) in [6.45, 7) is 0.876. The monoisotopic (exact) mass is 239 g/mol. The Kier molecular flexibility index (Phi) is 2.33. The maximum atomic E-state index is 4.25. The average Bonchev–Trinajstić information content (AvgIpc) is 2.48. The van der Waals surface area contributed by atoms with Gasteiger partial charge in [0, 0.05) is 12.7 Å². The standard InChI is InChI=1S/C9H10BrN3/c1-11-5-7-2-3-13-8(10)6-12-9(13)4-7/h2-4,6,11H,5H2,1H3. The number of rotatable bonds is 2. The van der Waals surface area contributed by atoms with Gasteiger partial charge in [-0.05, 0) is 40.7 Å². The molecule has 13 heavy (non-hydrogen) atoms. The molecule has 0 aliphatic carbocycles. The van der Waals surface area contributed by atoms with Crippen molar-refractivity contribution < 1.29 is 0 Å². The molecule has 68 valence electrons. The fourth-order valence-corrected chi connectivity index (χ4v) is 1.71. The highest BCUT2D eigenvalue weighted by atomic mass is 79.9. The fraction of sp³-hybridized carbons (Fsp3) is 0.222. The second kappa shape index (κ2) is 3.47. The number of nitrogens with zero attached hydrogens (tertiary/aromatic N) is 2. The normalized spacial score (nSPS) is 10.9. The first-order valence-corrected chi connectivity index (χ1v) is 4.86. The highest BCUT2D eigenvalue weighted by Crippen LogP contribution is 2.13. The lowest BCUT2D eigenvalue weighted by atomic mass is 10.2. The van der Waals surface area contributed by atoms with Crippen LogP contribution in [0.2, 0.25) is 0 Å². The van der Waals surface area contributed by atoms with Crippen molar-refractivity contribution in [3.05, 3.63) is 34.7 Å². The largest absolute Gasteiger partial charge is 0.316 e. The minimum absolute atomic E-state index is 0.876. The summed E-state index contributed by atoms with van der Waals surface area (Å²) >= 11 is 3.42. The third kappa shape index (κ3) is 1.59. The van der Waals surface area contributed by atoms with Gasteiger partial charge >= 0.3 is 0 Å². The molecule has 0 fully saturated rings. The number of halogens is 1. The zero-order chi connectivity index (χ0) is 9.26. The Morgan fingerprint density at radius 2 is 2.46 bits per heavy atom. The van der Waals surface area contributed by atoms with Crippen LogP contribution in [0.25, 0.3) is 5.65 Å². The molecule has 0 spiro atoms. The van der Waals surface area contributed by atoms with Gasteiger partial charge in [0.25, 0.3) is 0 Å². The molecule has 0 aromatic carbocycles. The summed E-state index contributed by atoms with van der Waals surface area (Å²) in [5.41, 5.74) is 2.22. The molecular formula is C9H10BrN3. The predicted molar refractivity (Wildman–Crippen MR) is 55.7 cm³/mol. The van der Waals surface area contributed by atoms with Crippen molar-refractivity contribution in [2.24, 2.45) is 0 Å². The third-order valence-corrected chi connectivity index (χ3v) is 2.50. The number of nitrogens with one attached hydrogen (secondary N) is 1. The van der Waals surface area contributed by atoms with Gasteiger partial charge < -0.3 is 5.32 Å². The number of hydrogen-bond donors (Lipinski definition) is 1. The minimum atomic E-state index is 0.876. The molecule has 0 aliphatic rings. The van der Waals surface area contributed by atoms with Crippen molar-refractivity contribution in [1.82, 2.24) is 14.7 Å². The maximum Gasteiger partial charge on any atom is 0.137 e. The van der Waals surface area contributed by atoms with Crippen LogP contribution in [-0.2, 0) is 6.54 Å². The highest BCUT2D eigenvalue weighted by molar-refractivity contribution is 9.10. The lowest BCUT2D eigenvalue weighted by Crippen LogP contribution is -2.05. The molecule has 0 unspecified atom stereocenters. The van der Waals surface area contributed by atoms with E-state index >= 15 is 0 Å². The molecule has 0 saturated carbocycles. The van der Waals surface area contributed by atoms with Crippen LogP contribution in [0.5, 0.6) is 0 Å². The summed E-state index contributed by atoms with van der Waals surface area (Å²) in [6.07, 6.45) is 3.82. The van der Waals surface area contributed by atoms with E-state index < -0.39 is 0 Å². The van der Waals surface area contributed by atoms with Crippen molar-refractivity contribution in [2.45, 2.75) is 6.54 Å². The smallest absolute Gasteiger partial charge is 0.137 e. The zero-order valence-corrected chi connectivity index (χ0v) is 8.87. The van der Waals surface area contributed by atoms with Gasteiger partial charge in [-0.2, -0.15) is 0 Å². The number of hydrogen-bond acceptors (Lipinski definition) is 2. The van der Waals surface area contributed by atoms with Gasteiger partial charge in [0.2, 0.25) is 0 Å². The van der Waals surface area contributed by atoms with Gasteiger partial charge in [-0.1, -0.05) is 0 Å². The van der Waals surface area contributed by atoms with Crippen molar-refractivity contribution in [1.29, 1.82) is 0 Å². The molecule has 0 aliphatic heterocycles. The van der Waals surface area contributed by atoms with Gasteiger partial charge in [0.15, 0.2) is 0 Å². The topological polar surface area (TPSA) is 29.3 Å². The van der Waals surface area contributed by atoms with Gasteiger partial charge in [-0.3, -0.25) is 4.40 Å². The van der Waals surface area contributed by atoms with Crippen molar-refractivity contribution >= 4 is 21.6 Å². The molecule has 0 atom stereocenters. The van der Waals surface area contributed by atoms with Crippen LogP contribution in [0.1, 0.15) is 5.56 Å². The van der Waals surface area contributed by atoms with Crippen molar-refractivity contribution in [3.63, 3.8) is 0 Å². The molecular weight excluding hydrogens is 230 g/mol. The van der Waals surface area contributed by atoms with Crippen molar-refractivity contribution in [2.75, 3.05) is 7.05 Å². The molecule has 0 bridgehead atoms. The van der Waals surface area contributed by atoms with Gasteiger partial charge in [0.05, 0.1) is 6.20 Å². The van der Waals surface area contributed by atoms with E-state index in [-0.39, 0.29) is 0 Å². The van der Waals surface area contributed by atoms with Crippen molar-refractivity contribution in [3.8, 4) is 0 Å². The summed E-state index contributed by atoms with van der Waals surface area (Å²) in [4.78, 5) is 4.25. The average molecular weight is 240 g/mol. The highest BCUT2D eigenvalue weighted by Gasteiger charge is 1.99. The first-order chi connectivity index (χ1) is 6.31. The van der Waals surface area contributed by atoms with E-state index in [4.69, 9.17) is 0 Å². The number of fused-ring (bicyclic) bond motifs is 1. The van der Waals surface area contributed by atoms with Gasteiger partial charge in [-0.25, -0.2) is 4.98 Å². The Morgan fingerprint density at radius 1 is 1.62 bits per heavy atom. The lowest BCUT2D eigenvalue weighted by molar-refractivity contribution is 0.816. The zero-order valence-electron chi connectivity index (χ0n) is 7.29. The molecule has 2 heterocycles. The van der Waals surface area contributed by atoms with Crippen LogP contribution < -0.4 is 5.32 Å². The van der Waals surface area contributed by atoms with E-state index in [1.165, 1.54) is 5.56 Å². The Hall–Kier alpha value is -0.870. The third-order valence-electron chi connectivity index (χ3n) is 1.91. The van der Waals surface area contributed by atoms with Crippen LogP contribution in [0.3, 0.4) is 0 Å². The quantitative estimate of drug-likeness (QED) is 0.867. The van der Waals surface area contributed by atoms with E-state index in [9.17, 15) is 0 Å². The minimum Gasteiger partial charge on any atom is -0.316 e. The maximum absolute atomic E-state index is 4.25. The summed E-state index contributed by atoms with van der Waals surface area (Å²) in [5.74, 6) is 0. The second-order valence-electron chi connectivity index (χ2n) is 2.87. The van der Waals surface area contributed by atoms with E-state index in [0.717, 1.165) is 16.8 Å². The van der Waals surface area contributed by atoms with E-state index in [0.29, 0.717) is 0 Å². The van der Waals surface area contributed by atoms with Gasteiger partial charge in [-0.15, -0.1) is 0 Å². The van der Waals surface area contributed by atoms with Crippen LogP contribution in [0.15, 0.2) is 29.1 Å². The fourth-order valence-electron chi connectivity index (χ4n) is 1.31. The second-order valence-corrected chi connectivity index (χ2v) is 3.69. The molecule has 2 aromatic heterocycles. The molecule has 2 rings (SSSR count). The Bertz CT molecular complexity index is 422. The first kappa shape index (κ1) is 8.72. The van der Waals surface area contributed by atoms with E-state index in [1.807, 2.05) is 17.6 Å². The summed E-state index contributed by atoms with van der Waals surface area (Å²) < 4.78 is 2.98. The Labute approximate surface area is 84.9 Å². The predicted octanol–water partition coefficient (Wildman–Crippen LogP) is 1.82. The molecule has 0 amide bonds. The van der Waals surface area contributed by atoms with Crippen LogP contribution in [0.4, 0.5) is 0 Å². The van der Waals surface area contributed by atoms with Crippen LogP contribution in [0, 0.1) is 0 Å². The Morgan fingerprint density at radius 3 is 3.23 bits per heavy atom. The molecule has 2 aromatic rings. The Balaban J connectivity index is 2.50. The molecule has 1 N–H and O–H groups in total. The number of aromatic nitrogens is 2. The van der Waals surface area contributed by atoms with Gasteiger partial charge in [0.1, 0.15) is 10.3 Å². The SMILES string of the molecule is CNCc1ccn2c(Br)cnc2c1. The number of pyridine rings is 1. The van der Waals surface area contributed by atoms with Crippen LogP contribution in [-0.4, -0.2) is 16.4 Å². The first-order valence-electron chi connectivity index (χ1n) is 4.07. The number of imidazole rings is 1.